The molecule has 0 aromatic heterocycles. The molecule has 10 heteroatoms. The standard InChI is InChI=1S/C35H70NO8P/c1-6-8-10-12-14-16-17-18-20-22-24-26-28-35(38)44-33(32-43-45(39,40)42-30-29-36(3,4)5)31-41-34(37)27-25-23-21-19-15-13-11-9-7-2/h33H,6-32H2,1-5H3. The van der Waals surface area contributed by atoms with Crippen LogP contribution in [0.1, 0.15) is 162 Å². The fourth-order valence-electron chi connectivity index (χ4n) is 4.95. The fraction of sp³-hybridized carbons (Fsp3) is 0.943. The highest BCUT2D eigenvalue weighted by atomic mass is 31.2. The van der Waals surface area contributed by atoms with E-state index in [1.807, 2.05) is 21.1 Å². The highest BCUT2D eigenvalue weighted by Crippen LogP contribution is 2.38. The molecular weight excluding hydrogens is 593 g/mol. The summed E-state index contributed by atoms with van der Waals surface area (Å²) in [6, 6.07) is 0. The summed E-state index contributed by atoms with van der Waals surface area (Å²) in [6.07, 6.45) is 24.2. The first kappa shape index (κ1) is 44.0. The lowest BCUT2D eigenvalue weighted by atomic mass is 10.0. The normalized spacial score (nSPS) is 13.8. The zero-order chi connectivity index (χ0) is 33.7. The van der Waals surface area contributed by atoms with E-state index in [-0.39, 0.29) is 32.0 Å². The first-order valence-electron chi connectivity index (χ1n) is 18.2. The maximum atomic E-state index is 12.5. The smallest absolute Gasteiger partial charge is 0.306 e. The summed E-state index contributed by atoms with van der Waals surface area (Å²) >= 11 is 0. The number of nitrogens with zero attached hydrogens (tertiary/aromatic N) is 1. The maximum absolute atomic E-state index is 12.5. The third-order valence-electron chi connectivity index (χ3n) is 7.88. The van der Waals surface area contributed by atoms with Gasteiger partial charge in [0.25, 0.3) is 7.82 Å². The van der Waals surface area contributed by atoms with E-state index in [0.717, 1.165) is 32.1 Å². The van der Waals surface area contributed by atoms with Crippen molar-refractivity contribution in [2.24, 2.45) is 0 Å². The molecule has 2 unspecified atom stereocenters. The lowest BCUT2D eigenvalue weighted by molar-refractivity contribution is -0.870. The van der Waals surface area contributed by atoms with Crippen molar-refractivity contribution in [1.29, 1.82) is 0 Å². The molecule has 45 heavy (non-hydrogen) atoms. The van der Waals surface area contributed by atoms with Crippen LogP contribution in [0.2, 0.25) is 0 Å². The van der Waals surface area contributed by atoms with Crippen LogP contribution in [0.5, 0.6) is 0 Å². The second-order valence-corrected chi connectivity index (χ2v) is 15.0. The van der Waals surface area contributed by atoms with Gasteiger partial charge in [-0.15, -0.1) is 0 Å². The Morgan fingerprint density at radius 2 is 1.00 bits per heavy atom. The second kappa shape index (κ2) is 29.2. The molecule has 0 aromatic rings. The van der Waals surface area contributed by atoms with Gasteiger partial charge in [0, 0.05) is 12.8 Å². The third kappa shape index (κ3) is 32.7. The zero-order valence-corrected chi connectivity index (χ0v) is 30.7. The van der Waals surface area contributed by atoms with Crippen LogP contribution in [0, 0.1) is 0 Å². The summed E-state index contributed by atoms with van der Waals surface area (Å²) in [5, 5.41) is 0. The van der Waals surface area contributed by atoms with Gasteiger partial charge in [-0.1, -0.05) is 136 Å². The molecule has 0 heterocycles. The maximum Gasteiger partial charge on any atom is 0.306 e. The number of phosphoric ester groups is 1. The van der Waals surface area contributed by atoms with E-state index in [0.29, 0.717) is 17.4 Å². The molecule has 0 spiro atoms. The van der Waals surface area contributed by atoms with Gasteiger partial charge in [-0.05, 0) is 12.8 Å². The van der Waals surface area contributed by atoms with Crippen molar-refractivity contribution in [2.45, 2.75) is 168 Å². The Labute approximate surface area is 276 Å². The largest absolute Gasteiger partial charge is 0.756 e. The molecular formula is C35H70NO8P. The van der Waals surface area contributed by atoms with Gasteiger partial charge in [0.15, 0.2) is 6.10 Å². The zero-order valence-electron chi connectivity index (χ0n) is 29.8. The van der Waals surface area contributed by atoms with Crippen LogP contribution < -0.4 is 4.89 Å². The van der Waals surface area contributed by atoms with Gasteiger partial charge in [0.1, 0.15) is 19.8 Å². The van der Waals surface area contributed by atoms with Gasteiger partial charge in [0.05, 0.1) is 27.7 Å². The van der Waals surface area contributed by atoms with Crippen LogP contribution in [-0.4, -0.2) is 70.0 Å². The van der Waals surface area contributed by atoms with Crippen LogP contribution in [0.25, 0.3) is 0 Å². The SMILES string of the molecule is CCCCCCCCCCCCCCC(=O)OC(COC(=O)CCCCCCCCCCC)COP(=O)([O-])OCC[N+](C)(C)C. The van der Waals surface area contributed by atoms with E-state index in [1.54, 1.807) is 0 Å². The molecule has 0 aliphatic heterocycles. The van der Waals surface area contributed by atoms with E-state index >= 15 is 0 Å². The number of ether oxygens (including phenoxy) is 2. The molecule has 2 atom stereocenters. The molecule has 9 nitrogen and oxygen atoms in total. The summed E-state index contributed by atoms with van der Waals surface area (Å²) in [5.74, 6) is -0.832. The number of phosphoric acid groups is 1. The molecule has 0 rings (SSSR count). The van der Waals surface area contributed by atoms with E-state index < -0.39 is 26.5 Å². The van der Waals surface area contributed by atoms with E-state index in [2.05, 4.69) is 13.8 Å². The Bertz CT molecular complexity index is 758. The van der Waals surface area contributed by atoms with Crippen molar-refractivity contribution in [1.82, 2.24) is 0 Å². The van der Waals surface area contributed by atoms with Gasteiger partial charge in [0.2, 0.25) is 0 Å². The number of unbranched alkanes of at least 4 members (excludes halogenated alkanes) is 19. The highest BCUT2D eigenvalue weighted by molar-refractivity contribution is 7.45. The molecule has 268 valence electrons. The molecule has 0 fully saturated rings. The molecule has 0 amide bonds. The second-order valence-electron chi connectivity index (χ2n) is 13.6. The number of carbonyl (C=O) groups is 2. The minimum atomic E-state index is -4.60. The van der Waals surface area contributed by atoms with Crippen molar-refractivity contribution < 1.29 is 42.1 Å². The molecule has 0 radical (unpaired) electrons. The van der Waals surface area contributed by atoms with Crippen molar-refractivity contribution in [3.63, 3.8) is 0 Å². The lowest BCUT2D eigenvalue weighted by Crippen LogP contribution is -2.37. The number of likely N-dealkylation sites (N-methyl/N-ethyl adjacent to an activating group) is 1. The van der Waals surface area contributed by atoms with Gasteiger partial charge in [-0.3, -0.25) is 14.2 Å². The van der Waals surface area contributed by atoms with E-state index in [4.69, 9.17) is 18.5 Å². The van der Waals surface area contributed by atoms with Crippen LogP contribution in [0.4, 0.5) is 0 Å². The first-order chi connectivity index (χ1) is 21.5. The van der Waals surface area contributed by atoms with Gasteiger partial charge >= 0.3 is 11.9 Å². The summed E-state index contributed by atoms with van der Waals surface area (Å²) in [5.41, 5.74) is 0. The van der Waals surface area contributed by atoms with Crippen molar-refractivity contribution in [3.05, 3.63) is 0 Å². The van der Waals surface area contributed by atoms with Crippen molar-refractivity contribution in [2.75, 3.05) is 47.5 Å². The Morgan fingerprint density at radius 1 is 0.600 bits per heavy atom. The number of rotatable bonds is 33. The van der Waals surface area contributed by atoms with Crippen LogP contribution in [0.3, 0.4) is 0 Å². The predicted molar refractivity (Wildman–Crippen MR) is 181 cm³/mol. The van der Waals surface area contributed by atoms with Crippen LogP contribution >= 0.6 is 7.82 Å². The average Bonchev–Trinajstić information content (AvgIpc) is 2.97. The van der Waals surface area contributed by atoms with Crippen LogP contribution in [0.15, 0.2) is 0 Å². The fourth-order valence-corrected chi connectivity index (χ4v) is 5.68. The average molecular weight is 664 g/mol. The van der Waals surface area contributed by atoms with Crippen molar-refractivity contribution >= 4 is 19.8 Å². The minimum Gasteiger partial charge on any atom is -0.756 e. The molecule has 0 aliphatic rings. The van der Waals surface area contributed by atoms with Crippen molar-refractivity contribution in [3.8, 4) is 0 Å². The Morgan fingerprint density at radius 3 is 1.42 bits per heavy atom. The minimum absolute atomic E-state index is 0.0264. The quantitative estimate of drug-likeness (QED) is 0.0297. The summed E-state index contributed by atoms with van der Waals surface area (Å²) < 4.78 is 33.6. The summed E-state index contributed by atoms with van der Waals surface area (Å²) in [4.78, 5) is 37.1. The Kier molecular flexibility index (Phi) is 28.5. The number of hydrogen-bond donors (Lipinski definition) is 0. The van der Waals surface area contributed by atoms with Gasteiger partial charge in [-0.25, -0.2) is 0 Å². The number of hydrogen-bond acceptors (Lipinski definition) is 8. The molecule has 0 saturated carbocycles. The number of quaternary nitrogens is 1. The van der Waals surface area contributed by atoms with Gasteiger partial charge in [-0.2, -0.15) is 0 Å². The van der Waals surface area contributed by atoms with E-state index in [9.17, 15) is 19.0 Å². The van der Waals surface area contributed by atoms with E-state index in [1.165, 1.54) is 96.3 Å². The molecule has 0 bridgehead atoms. The molecule has 0 aliphatic carbocycles. The number of esters is 2. The number of carbonyl (C=O) groups excluding carboxylic acids is 2. The predicted octanol–water partition coefficient (Wildman–Crippen LogP) is 8.66. The topological polar surface area (TPSA) is 111 Å². The first-order valence-corrected chi connectivity index (χ1v) is 19.7. The lowest BCUT2D eigenvalue weighted by Gasteiger charge is -2.28. The Hall–Kier alpha value is -0.990. The van der Waals surface area contributed by atoms with Crippen LogP contribution in [-0.2, 0) is 32.7 Å². The monoisotopic (exact) mass is 663 g/mol. The molecule has 0 N–H and O–H groups in total. The van der Waals surface area contributed by atoms with Gasteiger partial charge < -0.3 is 27.9 Å². The summed E-state index contributed by atoms with van der Waals surface area (Å²) in [7, 11) is 1.17. The third-order valence-corrected chi connectivity index (χ3v) is 8.84. The molecule has 0 aromatic carbocycles. The Balaban J connectivity index is 4.45. The summed E-state index contributed by atoms with van der Waals surface area (Å²) in [6.45, 7) is 4.19. The molecule has 0 saturated heterocycles. The highest BCUT2D eigenvalue weighted by Gasteiger charge is 2.21.